The van der Waals surface area contributed by atoms with Crippen molar-refractivity contribution in [2.45, 2.75) is 51.1 Å². The number of nitrogens with one attached hydrogen (secondary N) is 2. The summed E-state index contributed by atoms with van der Waals surface area (Å²) < 4.78 is 4.96. The molecule has 1 aromatic heterocycles. The number of carbonyl (C=O) groups is 4. The summed E-state index contributed by atoms with van der Waals surface area (Å²) in [6.07, 6.45) is 3.31. The smallest absolute Gasteiger partial charge is 0.326 e. The fourth-order valence-corrected chi connectivity index (χ4v) is 4.59. The highest BCUT2D eigenvalue weighted by Crippen LogP contribution is 2.38. The van der Waals surface area contributed by atoms with Crippen molar-refractivity contribution in [1.82, 2.24) is 15.5 Å². The van der Waals surface area contributed by atoms with Gasteiger partial charge in [0.15, 0.2) is 6.61 Å². The van der Waals surface area contributed by atoms with Crippen LogP contribution in [0.5, 0.6) is 0 Å². The third-order valence-electron chi connectivity index (χ3n) is 5.50. The Balaban J connectivity index is 1.50. The van der Waals surface area contributed by atoms with Crippen molar-refractivity contribution in [3.8, 4) is 0 Å². The zero-order chi connectivity index (χ0) is 20.3. The van der Waals surface area contributed by atoms with Gasteiger partial charge in [-0.1, -0.05) is 25.8 Å². The average molecular weight is 407 g/mol. The number of thiophene rings is 1. The first-order valence-electron chi connectivity index (χ1n) is 9.46. The summed E-state index contributed by atoms with van der Waals surface area (Å²) in [4.78, 5) is 51.0. The molecule has 1 spiro atoms. The average Bonchev–Trinajstić information content (AvgIpc) is 3.27. The van der Waals surface area contributed by atoms with E-state index in [9.17, 15) is 19.2 Å². The first kappa shape index (κ1) is 20.3. The molecule has 0 bridgehead atoms. The van der Waals surface area contributed by atoms with E-state index in [-0.39, 0.29) is 17.9 Å². The van der Waals surface area contributed by atoms with Crippen LogP contribution in [0.3, 0.4) is 0 Å². The predicted octanol–water partition coefficient (Wildman–Crippen LogP) is 1.97. The van der Waals surface area contributed by atoms with Crippen LogP contribution in [0.1, 0.15) is 50.4 Å². The summed E-state index contributed by atoms with van der Waals surface area (Å²) in [5.41, 5.74) is -0.914. The standard InChI is InChI=1S/C19H25N3O5S/c1-12-6-3-4-8-19(12)17(25)22(18(26)21-19)10-16(24)27-11-15(23)20-13(2)14-7-5-9-28-14/h5,7,9,12-13H,3-4,6,8,10-11H2,1-2H3,(H,20,23)(H,21,26)/t12-,13+,19+/m1/s1. The quantitative estimate of drug-likeness (QED) is 0.554. The monoisotopic (exact) mass is 407 g/mol. The number of carbonyl (C=O) groups excluding carboxylic acids is 4. The molecule has 1 aliphatic carbocycles. The van der Waals surface area contributed by atoms with Crippen molar-refractivity contribution in [1.29, 1.82) is 0 Å². The number of rotatable bonds is 6. The molecule has 1 aliphatic heterocycles. The van der Waals surface area contributed by atoms with Crippen LogP contribution in [-0.2, 0) is 19.1 Å². The van der Waals surface area contributed by atoms with E-state index >= 15 is 0 Å². The largest absolute Gasteiger partial charge is 0.454 e. The molecule has 3 rings (SSSR count). The molecule has 2 heterocycles. The molecule has 0 aromatic carbocycles. The molecule has 28 heavy (non-hydrogen) atoms. The van der Waals surface area contributed by atoms with E-state index in [1.807, 2.05) is 31.4 Å². The van der Waals surface area contributed by atoms with Crippen LogP contribution in [0.2, 0.25) is 0 Å². The lowest BCUT2D eigenvalue weighted by Crippen LogP contribution is -2.54. The Morgan fingerprint density at radius 2 is 2.21 bits per heavy atom. The Kier molecular flexibility index (Phi) is 6.02. The highest BCUT2D eigenvalue weighted by molar-refractivity contribution is 7.10. The van der Waals surface area contributed by atoms with Gasteiger partial charge in [-0.25, -0.2) is 4.79 Å². The Hall–Kier alpha value is -2.42. The van der Waals surface area contributed by atoms with E-state index in [0.717, 1.165) is 29.0 Å². The van der Waals surface area contributed by atoms with Gasteiger partial charge in [-0.05, 0) is 37.1 Å². The van der Waals surface area contributed by atoms with Crippen molar-refractivity contribution in [2.24, 2.45) is 5.92 Å². The zero-order valence-corrected chi connectivity index (χ0v) is 16.8. The van der Waals surface area contributed by atoms with Gasteiger partial charge < -0.3 is 15.4 Å². The molecule has 0 unspecified atom stereocenters. The van der Waals surface area contributed by atoms with Gasteiger partial charge in [-0.3, -0.25) is 19.3 Å². The molecular formula is C19H25N3O5S. The van der Waals surface area contributed by atoms with Gasteiger partial charge in [0.2, 0.25) is 0 Å². The van der Waals surface area contributed by atoms with Crippen molar-refractivity contribution in [3.63, 3.8) is 0 Å². The van der Waals surface area contributed by atoms with Crippen molar-refractivity contribution >= 4 is 35.2 Å². The molecule has 1 saturated carbocycles. The van der Waals surface area contributed by atoms with E-state index < -0.39 is 36.6 Å². The highest BCUT2D eigenvalue weighted by Gasteiger charge is 2.55. The number of ether oxygens (including phenoxy) is 1. The van der Waals surface area contributed by atoms with Crippen molar-refractivity contribution in [3.05, 3.63) is 22.4 Å². The van der Waals surface area contributed by atoms with Gasteiger partial charge in [0.1, 0.15) is 12.1 Å². The van der Waals surface area contributed by atoms with Gasteiger partial charge in [0, 0.05) is 4.88 Å². The lowest BCUT2D eigenvalue weighted by Gasteiger charge is -2.36. The number of urea groups is 1. The normalized spacial score (nSPS) is 25.5. The van der Waals surface area contributed by atoms with E-state index in [4.69, 9.17) is 4.74 Å². The maximum atomic E-state index is 12.8. The fraction of sp³-hybridized carbons (Fsp3) is 0.579. The van der Waals surface area contributed by atoms with Crippen molar-refractivity contribution in [2.75, 3.05) is 13.2 Å². The summed E-state index contributed by atoms with van der Waals surface area (Å²) in [6.45, 7) is 2.83. The summed E-state index contributed by atoms with van der Waals surface area (Å²) in [7, 11) is 0. The van der Waals surface area contributed by atoms with Gasteiger partial charge in [0.05, 0.1) is 6.04 Å². The molecule has 1 aromatic rings. The Morgan fingerprint density at radius 3 is 2.89 bits per heavy atom. The Bertz CT molecular complexity index is 766. The Labute approximate surface area is 167 Å². The van der Waals surface area contributed by atoms with Crippen LogP contribution in [0.15, 0.2) is 17.5 Å². The van der Waals surface area contributed by atoms with Crippen LogP contribution >= 0.6 is 11.3 Å². The van der Waals surface area contributed by atoms with Gasteiger partial charge >= 0.3 is 12.0 Å². The van der Waals surface area contributed by atoms with Crippen LogP contribution in [0.4, 0.5) is 4.79 Å². The molecule has 2 N–H and O–H groups in total. The van der Waals surface area contributed by atoms with E-state index in [1.54, 1.807) is 0 Å². The minimum atomic E-state index is -0.914. The summed E-state index contributed by atoms with van der Waals surface area (Å²) in [6, 6.07) is 3.03. The third-order valence-corrected chi connectivity index (χ3v) is 6.56. The second-order valence-corrected chi connectivity index (χ2v) is 8.38. The van der Waals surface area contributed by atoms with Crippen LogP contribution in [0.25, 0.3) is 0 Å². The molecule has 2 aliphatic rings. The summed E-state index contributed by atoms with van der Waals surface area (Å²) in [5, 5.41) is 7.43. The number of hydrogen-bond donors (Lipinski definition) is 2. The molecule has 152 valence electrons. The molecule has 9 heteroatoms. The van der Waals surface area contributed by atoms with Gasteiger partial charge in [0.25, 0.3) is 11.8 Å². The van der Waals surface area contributed by atoms with Crippen molar-refractivity contribution < 1.29 is 23.9 Å². The molecular weight excluding hydrogens is 382 g/mol. The Morgan fingerprint density at radius 1 is 1.43 bits per heavy atom. The third kappa shape index (κ3) is 4.04. The predicted molar refractivity (Wildman–Crippen MR) is 102 cm³/mol. The number of nitrogens with zero attached hydrogens (tertiary/aromatic N) is 1. The van der Waals surface area contributed by atoms with Crippen LogP contribution in [0, 0.1) is 5.92 Å². The molecule has 4 amide bonds. The number of imide groups is 1. The summed E-state index contributed by atoms with van der Waals surface area (Å²) in [5.74, 6) is -1.59. The molecule has 2 fully saturated rings. The van der Waals surface area contributed by atoms with Crippen LogP contribution < -0.4 is 10.6 Å². The first-order valence-corrected chi connectivity index (χ1v) is 10.3. The number of hydrogen-bond acceptors (Lipinski definition) is 6. The van der Waals surface area contributed by atoms with Gasteiger partial charge in [-0.2, -0.15) is 0 Å². The molecule has 3 atom stereocenters. The first-order chi connectivity index (χ1) is 13.3. The molecule has 8 nitrogen and oxygen atoms in total. The minimum Gasteiger partial charge on any atom is -0.454 e. The highest BCUT2D eigenvalue weighted by atomic mass is 32.1. The molecule has 0 radical (unpaired) electrons. The second kappa shape index (κ2) is 8.30. The summed E-state index contributed by atoms with van der Waals surface area (Å²) >= 11 is 1.52. The topological polar surface area (TPSA) is 105 Å². The lowest BCUT2D eigenvalue weighted by atomic mass is 9.73. The number of amides is 4. The maximum Gasteiger partial charge on any atom is 0.326 e. The molecule has 1 saturated heterocycles. The van der Waals surface area contributed by atoms with Crippen LogP contribution in [-0.4, -0.2) is 47.4 Å². The minimum absolute atomic E-state index is 0.0169. The maximum absolute atomic E-state index is 12.8. The fourth-order valence-electron chi connectivity index (χ4n) is 3.85. The lowest BCUT2D eigenvalue weighted by molar-refractivity contribution is -0.151. The van der Waals surface area contributed by atoms with E-state index in [2.05, 4.69) is 10.6 Å². The number of esters is 1. The van der Waals surface area contributed by atoms with Gasteiger partial charge in [-0.15, -0.1) is 11.3 Å². The SMILES string of the molecule is C[C@H](NC(=O)COC(=O)CN1C(=O)N[C@]2(CCCC[C@H]2C)C1=O)c1cccs1. The second-order valence-electron chi connectivity index (χ2n) is 7.40. The van der Waals surface area contributed by atoms with E-state index in [1.165, 1.54) is 11.3 Å². The van der Waals surface area contributed by atoms with E-state index in [0.29, 0.717) is 6.42 Å². The zero-order valence-electron chi connectivity index (χ0n) is 16.0.